The fraction of sp³-hybridized carbons (Fsp3) is 0.500. The largest absolute Gasteiger partial charge is 0.368 e. The van der Waals surface area contributed by atoms with E-state index in [2.05, 4.69) is 34.8 Å². The molecule has 0 bridgehead atoms. The van der Waals surface area contributed by atoms with Crippen LogP contribution in [0, 0.1) is 13.8 Å². The fourth-order valence-corrected chi connectivity index (χ4v) is 3.58. The number of ether oxygens (including phenoxy) is 1. The molecule has 1 aliphatic rings. The number of aryl methyl sites for hydroxylation is 1. The SMILES string of the molecule is COC1(C(=O)NCc2c(C)nn(Cc3ccccc3)c2C)CCNCC1. The van der Waals surface area contributed by atoms with Gasteiger partial charge in [0.2, 0.25) is 0 Å². The molecule has 0 unspecified atom stereocenters. The highest BCUT2D eigenvalue weighted by molar-refractivity contribution is 5.85. The van der Waals surface area contributed by atoms with Crippen molar-refractivity contribution in [3.63, 3.8) is 0 Å². The fourth-order valence-electron chi connectivity index (χ4n) is 3.58. The van der Waals surface area contributed by atoms with Gasteiger partial charge in [0.05, 0.1) is 12.2 Å². The first-order valence-electron chi connectivity index (χ1n) is 9.17. The molecule has 3 rings (SSSR count). The minimum Gasteiger partial charge on any atom is -0.368 e. The van der Waals surface area contributed by atoms with Gasteiger partial charge >= 0.3 is 0 Å². The lowest BCUT2D eigenvalue weighted by Gasteiger charge is -2.34. The van der Waals surface area contributed by atoms with Crippen LogP contribution < -0.4 is 10.6 Å². The number of nitrogens with zero attached hydrogens (tertiary/aromatic N) is 2. The predicted molar refractivity (Wildman–Crippen MR) is 101 cm³/mol. The van der Waals surface area contributed by atoms with Crippen molar-refractivity contribution in [1.29, 1.82) is 0 Å². The number of amides is 1. The highest BCUT2D eigenvalue weighted by Crippen LogP contribution is 2.23. The molecule has 1 aromatic heterocycles. The summed E-state index contributed by atoms with van der Waals surface area (Å²) in [5, 5.41) is 11.0. The molecule has 0 atom stereocenters. The summed E-state index contributed by atoms with van der Waals surface area (Å²) in [7, 11) is 1.62. The molecule has 1 amide bonds. The van der Waals surface area contributed by atoms with Gasteiger partial charge in [0.1, 0.15) is 5.60 Å². The van der Waals surface area contributed by atoms with Crippen LogP contribution in [-0.2, 0) is 22.6 Å². The Balaban J connectivity index is 1.69. The smallest absolute Gasteiger partial charge is 0.252 e. The first kappa shape index (κ1) is 18.6. The van der Waals surface area contributed by atoms with Gasteiger partial charge in [-0.3, -0.25) is 9.48 Å². The first-order valence-corrected chi connectivity index (χ1v) is 9.17. The molecule has 0 saturated carbocycles. The molecule has 1 aliphatic heterocycles. The van der Waals surface area contributed by atoms with Gasteiger partial charge < -0.3 is 15.4 Å². The Bertz CT molecular complexity index is 749. The molecule has 2 aromatic rings. The zero-order chi connectivity index (χ0) is 18.6. The maximum atomic E-state index is 12.8. The van der Waals surface area contributed by atoms with Gasteiger partial charge in [0, 0.05) is 24.9 Å². The molecule has 6 heteroatoms. The highest BCUT2D eigenvalue weighted by atomic mass is 16.5. The molecule has 2 N–H and O–H groups in total. The summed E-state index contributed by atoms with van der Waals surface area (Å²) in [6, 6.07) is 10.3. The average molecular weight is 356 g/mol. The van der Waals surface area contributed by atoms with Crippen LogP contribution in [0.4, 0.5) is 0 Å². The second-order valence-electron chi connectivity index (χ2n) is 6.92. The molecule has 26 heavy (non-hydrogen) atoms. The summed E-state index contributed by atoms with van der Waals surface area (Å²) in [4.78, 5) is 12.8. The van der Waals surface area contributed by atoms with E-state index >= 15 is 0 Å². The van der Waals surface area contributed by atoms with E-state index in [9.17, 15) is 4.79 Å². The number of nitrogens with one attached hydrogen (secondary N) is 2. The van der Waals surface area contributed by atoms with Gasteiger partial charge in [-0.05, 0) is 45.3 Å². The van der Waals surface area contributed by atoms with Crippen molar-refractivity contribution < 1.29 is 9.53 Å². The molecule has 1 fully saturated rings. The van der Waals surface area contributed by atoms with Gasteiger partial charge in [-0.25, -0.2) is 0 Å². The molecule has 140 valence electrons. The summed E-state index contributed by atoms with van der Waals surface area (Å²) in [6.07, 6.45) is 1.39. The zero-order valence-electron chi connectivity index (χ0n) is 15.8. The molecule has 0 spiro atoms. The van der Waals surface area contributed by atoms with Gasteiger partial charge in [-0.15, -0.1) is 0 Å². The second-order valence-corrected chi connectivity index (χ2v) is 6.92. The number of aromatic nitrogens is 2. The molecule has 0 radical (unpaired) electrons. The summed E-state index contributed by atoms with van der Waals surface area (Å²) in [5.41, 5.74) is 3.61. The van der Waals surface area contributed by atoms with Crippen LogP contribution in [0.1, 0.15) is 35.4 Å². The van der Waals surface area contributed by atoms with E-state index in [-0.39, 0.29) is 5.91 Å². The minimum absolute atomic E-state index is 0.0314. The predicted octanol–water partition coefficient (Wildman–Crippen LogP) is 1.93. The Morgan fingerprint density at radius 1 is 1.27 bits per heavy atom. The van der Waals surface area contributed by atoms with Gasteiger partial charge in [-0.2, -0.15) is 5.10 Å². The van der Waals surface area contributed by atoms with E-state index in [0.717, 1.165) is 36.6 Å². The Kier molecular flexibility index (Phi) is 5.74. The number of carbonyl (C=O) groups excluding carboxylic acids is 1. The molecule has 1 saturated heterocycles. The second kappa shape index (κ2) is 8.01. The maximum absolute atomic E-state index is 12.8. The van der Waals surface area contributed by atoms with Crippen LogP contribution in [0.15, 0.2) is 30.3 Å². The third-order valence-electron chi connectivity index (χ3n) is 5.35. The third-order valence-corrected chi connectivity index (χ3v) is 5.35. The van der Waals surface area contributed by atoms with Crippen molar-refractivity contribution in [2.24, 2.45) is 0 Å². The Morgan fingerprint density at radius 2 is 1.96 bits per heavy atom. The van der Waals surface area contributed by atoms with Crippen LogP contribution in [0.3, 0.4) is 0 Å². The summed E-state index contributed by atoms with van der Waals surface area (Å²) >= 11 is 0. The minimum atomic E-state index is -0.715. The Morgan fingerprint density at radius 3 is 2.62 bits per heavy atom. The molecule has 0 aliphatic carbocycles. The van der Waals surface area contributed by atoms with E-state index in [4.69, 9.17) is 4.74 Å². The number of piperidine rings is 1. The van der Waals surface area contributed by atoms with Crippen molar-refractivity contribution in [3.05, 3.63) is 52.8 Å². The normalized spacial score (nSPS) is 16.4. The van der Waals surface area contributed by atoms with E-state index in [1.807, 2.05) is 29.8 Å². The van der Waals surface area contributed by atoms with Crippen molar-refractivity contribution in [3.8, 4) is 0 Å². The van der Waals surface area contributed by atoms with E-state index in [0.29, 0.717) is 19.4 Å². The number of carbonyl (C=O) groups is 1. The number of hydrogen-bond donors (Lipinski definition) is 2. The Labute approximate surface area is 154 Å². The topological polar surface area (TPSA) is 68.2 Å². The van der Waals surface area contributed by atoms with Crippen molar-refractivity contribution in [2.45, 2.75) is 45.4 Å². The Hall–Kier alpha value is -2.18. The zero-order valence-corrected chi connectivity index (χ0v) is 15.8. The maximum Gasteiger partial charge on any atom is 0.252 e. The lowest BCUT2D eigenvalue weighted by atomic mass is 9.91. The van der Waals surface area contributed by atoms with Gasteiger partial charge in [0.15, 0.2) is 0 Å². The molecular formula is C20H28N4O2. The monoisotopic (exact) mass is 356 g/mol. The van der Waals surface area contributed by atoms with Crippen LogP contribution in [-0.4, -0.2) is 41.5 Å². The third kappa shape index (κ3) is 3.81. The lowest BCUT2D eigenvalue weighted by Crippen LogP contribution is -2.54. The average Bonchev–Trinajstić information content (AvgIpc) is 2.94. The molecule has 1 aromatic carbocycles. The van der Waals surface area contributed by atoms with Crippen molar-refractivity contribution in [1.82, 2.24) is 20.4 Å². The number of benzene rings is 1. The number of methoxy groups -OCH3 is 1. The first-order chi connectivity index (χ1) is 12.6. The summed E-state index contributed by atoms with van der Waals surface area (Å²) in [5.74, 6) is -0.0314. The molecule has 6 nitrogen and oxygen atoms in total. The lowest BCUT2D eigenvalue weighted by molar-refractivity contribution is -0.146. The standard InChI is InChI=1S/C20H28N4O2/c1-15-18(13-22-19(25)20(26-3)9-11-21-12-10-20)16(2)24(23-15)14-17-7-5-4-6-8-17/h4-8,21H,9-14H2,1-3H3,(H,22,25). The van der Waals surface area contributed by atoms with E-state index in [1.165, 1.54) is 5.56 Å². The number of rotatable bonds is 6. The van der Waals surface area contributed by atoms with E-state index in [1.54, 1.807) is 7.11 Å². The van der Waals surface area contributed by atoms with E-state index < -0.39 is 5.60 Å². The highest BCUT2D eigenvalue weighted by Gasteiger charge is 2.39. The van der Waals surface area contributed by atoms with Gasteiger partial charge in [-0.1, -0.05) is 30.3 Å². The molecule has 2 heterocycles. The summed E-state index contributed by atoms with van der Waals surface area (Å²) < 4.78 is 7.60. The van der Waals surface area contributed by atoms with Crippen LogP contribution >= 0.6 is 0 Å². The number of hydrogen-bond acceptors (Lipinski definition) is 4. The van der Waals surface area contributed by atoms with Crippen molar-refractivity contribution >= 4 is 5.91 Å². The van der Waals surface area contributed by atoms with Crippen LogP contribution in [0.25, 0.3) is 0 Å². The van der Waals surface area contributed by atoms with Crippen molar-refractivity contribution in [2.75, 3.05) is 20.2 Å². The quantitative estimate of drug-likeness (QED) is 0.830. The van der Waals surface area contributed by atoms with Crippen LogP contribution in [0.5, 0.6) is 0 Å². The van der Waals surface area contributed by atoms with Gasteiger partial charge in [0.25, 0.3) is 5.91 Å². The van der Waals surface area contributed by atoms with Crippen LogP contribution in [0.2, 0.25) is 0 Å². The summed E-state index contributed by atoms with van der Waals surface area (Å²) in [6.45, 7) is 6.86. The molecular weight excluding hydrogens is 328 g/mol.